The van der Waals surface area contributed by atoms with Crippen molar-refractivity contribution < 1.29 is 43.8 Å². The van der Waals surface area contributed by atoms with Gasteiger partial charge in [-0.3, -0.25) is 28.8 Å². The monoisotopic (exact) mass is 766 g/mol. The molecule has 0 spiro atoms. The summed E-state index contributed by atoms with van der Waals surface area (Å²) in [4.78, 5) is 96.3. The third kappa shape index (κ3) is 12.1. The van der Waals surface area contributed by atoms with Crippen LogP contribution in [0.1, 0.15) is 114 Å². The standard InChI is InChI=1S/C38H67N7O9/c1-10-21(6)28(39)36(51)44-17-13-15-26(44)34(49)43-31(24(9)46)37(52)45-18-14-16-27(45)33(48)41-29(22(7)11-2)35(50)40-25(19-20(4)5)32(47)42-30(38(53)54)23(8)12-3/h20-31,46H,10-19,39H2,1-9H3,(H,40,50)(H,41,48)(H,42,47)(H,43,49)(H,53,54)/t21-,22-,23-,24+,25-,26-,27-,28-,29-,30-,31-/m0/s1. The van der Waals surface area contributed by atoms with Gasteiger partial charge in [-0.15, -0.1) is 0 Å². The number of nitrogens with zero attached hydrogens (tertiary/aromatic N) is 2. The van der Waals surface area contributed by atoms with Gasteiger partial charge in [-0.25, -0.2) is 4.79 Å². The number of hydrogen-bond acceptors (Lipinski definition) is 9. The SMILES string of the molecule is CC[C@H](C)[C@H](N)C(=O)N1CCC[C@H]1C(=O)N[C@H](C(=O)N1CCC[C@H]1C(=O)N[C@H](C(=O)N[C@@H](CC(C)C)C(=O)N[C@H](C(=O)O)[C@@H](C)CC)[C@@H](C)CC)[C@@H](C)O. The molecule has 0 aromatic heterocycles. The van der Waals surface area contributed by atoms with Crippen LogP contribution >= 0.6 is 0 Å². The molecule has 0 bridgehead atoms. The molecule has 0 aromatic carbocycles. The molecule has 2 aliphatic heterocycles. The normalized spacial score (nSPS) is 22.2. The minimum atomic E-state index is -1.40. The third-order valence-electron chi connectivity index (χ3n) is 11.2. The zero-order chi connectivity index (χ0) is 41.0. The lowest BCUT2D eigenvalue weighted by molar-refractivity contribution is -0.146. The fourth-order valence-corrected chi connectivity index (χ4v) is 6.96. The molecule has 2 aliphatic rings. The first-order chi connectivity index (χ1) is 25.3. The lowest BCUT2D eigenvalue weighted by Crippen LogP contribution is -2.62. The molecule has 0 saturated carbocycles. The van der Waals surface area contributed by atoms with Crippen LogP contribution in [-0.2, 0) is 33.6 Å². The Hall–Kier alpha value is -3.79. The topological polar surface area (TPSA) is 241 Å². The average molecular weight is 766 g/mol. The minimum Gasteiger partial charge on any atom is -0.480 e. The van der Waals surface area contributed by atoms with Crippen molar-refractivity contribution >= 4 is 41.4 Å². The van der Waals surface area contributed by atoms with Crippen LogP contribution in [0, 0.1) is 23.7 Å². The lowest BCUT2D eigenvalue weighted by atomic mass is 9.95. The predicted octanol–water partition coefficient (Wildman–Crippen LogP) is 0.885. The Morgan fingerprint density at radius 3 is 1.56 bits per heavy atom. The molecule has 54 heavy (non-hydrogen) atoms. The fraction of sp³-hybridized carbons (Fsp3) is 0.816. The van der Waals surface area contributed by atoms with Crippen LogP contribution in [-0.4, -0.2) is 123 Å². The van der Waals surface area contributed by atoms with Crippen LogP contribution in [0.2, 0.25) is 0 Å². The summed E-state index contributed by atoms with van der Waals surface area (Å²) < 4.78 is 0. The summed E-state index contributed by atoms with van der Waals surface area (Å²) in [5.41, 5.74) is 6.19. The Bertz CT molecular complexity index is 1330. The fourth-order valence-electron chi connectivity index (χ4n) is 6.96. The molecule has 16 heteroatoms. The Kier molecular flexibility index (Phi) is 18.3. The smallest absolute Gasteiger partial charge is 0.326 e. The van der Waals surface area contributed by atoms with Gasteiger partial charge in [-0.2, -0.15) is 0 Å². The van der Waals surface area contributed by atoms with Gasteiger partial charge in [-0.1, -0.05) is 74.7 Å². The van der Waals surface area contributed by atoms with E-state index in [1.807, 2.05) is 41.5 Å². The van der Waals surface area contributed by atoms with Crippen molar-refractivity contribution in [1.29, 1.82) is 0 Å². The number of amides is 6. The second kappa shape index (κ2) is 21.3. The van der Waals surface area contributed by atoms with Crippen molar-refractivity contribution in [2.75, 3.05) is 13.1 Å². The molecule has 0 aromatic rings. The Labute approximate surface area is 320 Å². The zero-order valence-electron chi connectivity index (χ0n) is 33.7. The number of aliphatic hydroxyl groups excluding tert-OH is 1. The van der Waals surface area contributed by atoms with E-state index in [1.165, 1.54) is 16.7 Å². The largest absolute Gasteiger partial charge is 0.480 e. The molecule has 2 fully saturated rings. The number of carboxylic acid groups (broad SMARTS) is 1. The van der Waals surface area contributed by atoms with Crippen molar-refractivity contribution in [3.63, 3.8) is 0 Å². The highest BCUT2D eigenvalue weighted by atomic mass is 16.4. The predicted molar refractivity (Wildman–Crippen MR) is 202 cm³/mol. The van der Waals surface area contributed by atoms with E-state index in [0.29, 0.717) is 45.1 Å². The van der Waals surface area contributed by atoms with Crippen LogP contribution in [0.3, 0.4) is 0 Å². The number of aliphatic carboxylic acids is 1. The summed E-state index contributed by atoms with van der Waals surface area (Å²) in [5, 5.41) is 31.2. The van der Waals surface area contributed by atoms with Gasteiger partial charge in [0, 0.05) is 13.1 Å². The van der Waals surface area contributed by atoms with Gasteiger partial charge in [0.25, 0.3) is 0 Å². The highest BCUT2D eigenvalue weighted by Gasteiger charge is 2.43. The molecule has 6 amide bonds. The van der Waals surface area contributed by atoms with Gasteiger partial charge in [0.15, 0.2) is 0 Å². The summed E-state index contributed by atoms with van der Waals surface area (Å²) in [5.74, 6) is -5.52. The first-order valence-corrected chi connectivity index (χ1v) is 19.8. The number of carboxylic acids is 1. The van der Waals surface area contributed by atoms with Gasteiger partial charge in [-0.05, 0) is 62.7 Å². The van der Waals surface area contributed by atoms with Crippen LogP contribution in [0.15, 0.2) is 0 Å². The molecule has 11 atom stereocenters. The lowest BCUT2D eigenvalue weighted by Gasteiger charge is -2.33. The van der Waals surface area contributed by atoms with Crippen LogP contribution < -0.4 is 27.0 Å². The van der Waals surface area contributed by atoms with Gasteiger partial charge in [0.1, 0.15) is 36.3 Å². The van der Waals surface area contributed by atoms with Crippen LogP contribution in [0.25, 0.3) is 0 Å². The first kappa shape index (κ1) is 46.4. The molecule has 8 N–H and O–H groups in total. The van der Waals surface area contributed by atoms with Gasteiger partial charge in [0.2, 0.25) is 35.4 Å². The number of rotatable bonds is 20. The van der Waals surface area contributed by atoms with E-state index in [2.05, 4.69) is 21.3 Å². The van der Waals surface area contributed by atoms with Crippen molar-refractivity contribution in [3.8, 4) is 0 Å². The summed E-state index contributed by atoms with van der Waals surface area (Å²) >= 11 is 0. The maximum absolute atomic E-state index is 13.9. The van der Waals surface area contributed by atoms with Gasteiger partial charge in [0.05, 0.1) is 12.1 Å². The number of nitrogens with one attached hydrogen (secondary N) is 4. The van der Waals surface area contributed by atoms with Crippen molar-refractivity contribution in [2.45, 2.75) is 162 Å². The van der Waals surface area contributed by atoms with Crippen LogP contribution in [0.5, 0.6) is 0 Å². The van der Waals surface area contributed by atoms with Crippen molar-refractivity contribution in [3.05, 3.63) is 0 Å². The highest BCUT2D eigenvalue weighted by molar-refractivity contribution is 5.97. The molecule has 2 saturated heterocycles. The Balaban J connectivity index is 2.24. The number of likely N-dealkylation sites (tertiary alicyclic amines) is 2. The first-order valence-electron chi connectivity index (χ1n) is 19.8. The maximum atomic E-state index is 13.9. The molecule has 2 heterocycles. The van der Waals surface area contributed by atoms with Crippen LogP contribution in [0.4, 0.5) is 0 Å². The highest BCUT2D eigenvalue weighted by Crippen LogP contribution is 2.23. The zero-order valence-corrected chi connectivity index (χ0v) is 33.7. The van der Waals surface area contributed by atoms with Crippen molar-refractivity contribution in [1.82, 2.24) is 31.1 Å². The second-order valence-corrected chi connectivity index (χ2v) is 15.8. The summed E-state index contributed by atoms with van der Waals surface area (Å²) in [6.45, 7) is 16.6. The summed E-state index contributed by atoms with van der Waals surface area (Å²) in [6, 6.07) is -7.35. The number of carbonyl (C=O) groups is 7. The van der Waals surface area contributed by atoms with E-state index in [1.54, 1.807) is 13.8 Å². The number of hydrogen-bond donors (Lipinski definition) is 7. The third-order valence-corrected chi connectivity index (χ3v) is 11.2. The molecule has 16 nitrogen and oxygen atoms in total. The summed E-state index contributed by atoms with van der Waals surface area (Å²) in [6.07, 6.45) is 2.26. The molecule has 0 unspecified atom stereocenters. The molecule has 308 valence electrons. The average Bonchev–Trinajstić information content (AvgIpc) is 3.83. The quantitative estimate of drug-likeness (QED) is 0.0924. The molecule has 0 radical (unpaired) electrons. The number of aliphatic hydroxyl groups is 1. The Morgan fingerprint density at radius 2 is 1.11 bits per heavy atom. The number of nitrogens with two attached hydrogens (primary N) is 1. The van der Waals surface area contributed by atoms with Crippen molar-refractivity contribution in [2.24, 2.45) is 29.4 Å². The van der Waals surface area contributed by atoms with E-state index in [0.717, 1.165) is 0 Å². The molecular weight excluding hydrogens is 698 g/mol. The van der Waals surface area contributed by atoms with E-state index in [-0.39, 0.29) is 49.0 Å². The molecule has 2 rings (SSSR count). The van der Waals surface area contributed by atoms with E-state index in [9.17, 15) is 43.8 Å². The van der Waals surface area contributed by atoms with E-state index >= 15 is 0 Å². The second-order valence-electron chi connectivity index (χ2n) is 15.8. The Morgan fingerprint density at radius 1 is 0.648 bits per heavy atom. The van der Waals surface area contributed by atoms with Gasteiger partial charge >= 0.3 is 5.97 Å². The van der Waals surface area contributed by atoms with Gasteiger partial charge < -0.3 is 47.0 Å². The maximum Gasteiger partial charge on any atom is 0.326 e. The molecular formula is C38H67N7O9. The minimum absolute atomic E-state index is 0.0375. The molecule has 0 aliphatic carbocycles. The summed E-state index contributed by atoms with van der Waals surface area (Å²) in [7, 11) is 0. The van der Waals surface area contributed by atoms with E-state index < -0.39 is 83.9 Å². The number of carbonyl (C=O) groups excluding carboxylic acids is 6. The van der Waals surface area contributed by atoms with E-state index in [4.69, 9.17) is 5.73 Å².